The quantitative estimate of drug-likeness (QED) is 0.878. The van der Waals surface area contributed by atoms with E-state index < -0.39 is 17.9 Å². The molecule has 1 aromatic heterocycles. The van der Waals surface area contributed by atoms with E-state index >= 15 is 0 Å². The Morgan fingerprint density at radius 3 is 2.39 bits per heavy atom. The first-order valence-electron chi connectivity index (χ1n) is 7.18. The molecule has 0 bridgehead atoms. The van der Waals surface area contributed by atoms with E-state index in [1.807, 2.05) is 24.3 Å². The van der Waals surface area contributed by atoms with Gasteiger partial charge in [-0.05, 0) is 16.5 Å². The van der Waals surface area contributed by atoms with Gasteiger partial charge in [-0.2, -0.15) is 8.75 Å². The highest BCUT2D eigenvalue weighted by molar-refractivity contribution is 6.99. The zero-order chi connectivity index (χ0) is 17.0. The molecular weight excluding hydrogens is 314 g/mol. The van der Waals surface area contributed by atoms with E-state index in [0.29, 0.717) is 0 Å². The SMILES string of the molecule is CC(C)(C)c1ccc(C(CC(=O)O)NC(=O)c2cnsn2)cc1. The molecule has 1 unspecified atom stereocenters. The summed E-state index contributed by atoms with van der Waals surface area (Å²) < 4.78 is 7.64. The van der Waals surface area contributed by atoms with E-state index in [1.165, 1.54) is 6.20 Å². The number of carbonyl (C=O) groups excluding carboxylic acids is 1. The average molecular weight is 333 g/mol. The van der Waals surface area contributed by atoms with Crippen molar-refractivity contribution >= 4 is 23.6 Å². The molecule has 0 saturated carbocycles. The summed E-state index contributed by atoms with van der Waals surface area (Å²) in [5.41, 5.74) is 2.09. The number of aromatic nitrogens is 2. The molecular formula is C16H19N3O3S. The van der Waals surface area contributed by atoms with Crippen molar-refractivity contribution in [3.8, 4) is 0 Å². The van der Waals surface area contributed by atoms with Gasteiger partial charge in [-0.1, -0.05) is 45.0 Å². The summed E-state index contributed by atoms with van der Waals surface area (Å²) in [6.07, 6.45) is 1.17. The fraction of sp³-hybridized carbons (Fsp3) is 0.375. The van der Waals surface area contributed by atoms with Crippen LogP contribution in [0.5, 0.6) is 0 Å². The number of carbonyl (C=O) groups is 2. The van der Waals surface area contributed by atoms with Crippen molar-refractivity contribution in [1.29, 1.82) is 0 Å². The van der Waals surface area contributed by atoms with Crippen molar-refractivity contribution in [1.82, 2.24) is 14.1 Å². The number of hydrogen-bond acceptors (Lipinski definition) is 5. The molecule has 0 aliphatic heterocycles. The smallest absolute Gasteiger partial charge is 0.305 e. The number of amides is 1. The molecule has 0 radical (unpaired) electrons. The van der Waals surface area contributed by atoms with Gasteiger partial charge in [0.05, 0.1) is 30.4 Å². The van der Waals surface area contributed by atoms with Crippen LogP contribution in [0.3, 0.4) is 0 Å². The third-order valence-electron chi connectivity index (χ3n) is 3.46. The minimum absolute atomic E-state index is 0.0103. The Kier molecular flexibility index (Phi) is 5.10. The molecule has 122 valence electrons. The average Bonchev–Trinajstić information content (AvgIpc) is 2.99. The van der Waals surface area contributed by atoms with Crippen molar-refractivity contribution in [2.24, 2.45) is 0 Å². The fourth-order valence-corrected chi connectivity index (χ4v) is 2.55. The van der Waals surface area contributed by atoms with Gasteiger partial charge in [0.15, 0.2) is 5.69 Å². The lowest BCUT2D eigenvalue weighted by molar-refractivity contribution is -0.137. The molecule has 6 nitrogen and oxygen atoms in total. The summed E-state index contributed by atoms with van der Waals surface area (Å²) in [5, 5.41) is 11.8. The minimum Gasteiger partial charge on any atom is -0.481 e. The van der Waals surface area contributed by atoms with Gasteiger partial charge in [-0.3, -0.25) is 9.59 Å². The second-order valence-electron chi connectivity index (χ2n) is 6.29. The molecule has 23 heavy (non-hydrogen) atoms. The van der Waals surface area contributed by atoms with Gasteiger partial charge in [0.25, 0.3) is 5.91 Å². The van der Waals surface area contributed by atoms with Crippen molar-refractivity contribution in [2.45, 2.75) is 38.6 Å². The lowest BCUT2D eigenvalue weighted by Crippen LogP contribution is -2.30. The van der Waals surface area contributed by atoms with E-state index in [1.54, 1.807) is 0 Å². The van der Waals surface area contributed by atoms with E-state index in [4.69, 9.17) is 5.11 Å². The molecule has 1 heterocycles. The zero-order valence-corrected chi connectivity index (χ0v) is 14.1. The Bertz CT molecular complexity index is 676. The van der Waals surface area contributed by atoms with E-state index in [0.717, 1.165) is 22.9 Å². The Morgan fingerprint density at radius 1 is 1.26 bits per heavy atom. The normalized spacial score (nSPS) is 12.7. The lowest BCUT2D eigenvalue weighted by Gasteiger charge is -2.21. The zero-order valence-electron chi connectivity index (χ0n) is 13.2. The van der Waals surface area contributed by atoms with Gasteiger partial charge < -0.3 is 10.4 Å². The maximum atomic E-state index is 12.1. The molecule has 2 aromatic rings. The van der Waals surface area contributed by atoms with Gasteiger partial charge in [0, 0.05) is 0 Å². The van der Waals surface area contributed by atoms with Crippen LogP contribution in [0.1, 0.15) is 54.8 Å². The minimum atomic E-state index is -0.980. The first-order chi connectivity index (χ1) is 10.8. The largest absolute Gasteiger partial charge is 0.481 e. The summed E-state index contributed by atoms with van der Waals surface area (Å²) in [6.45, 7) is 6.31. The number of nitrogens with zero attached hydrogens (tertiary/aromatic N) is 2. The highest BCUT2D eigenvalue weighted by Crippen LogP contribution is 2.25. The summed E-state index contributed by atoms with van der Waals surface area (Å²) in [6, 6.07) is 7.01. The van der Waals surface area contributed by atoms with Gasteiger partial charge >= 0.3 is 5.97 Å². The monoisotopic (exact) mass is 333 g/mol. The number of hydrogen-bond donors (Lipinski definition) is 2. The summed E-state index contributed by atoms with van der Waals surface area (Å²) >= 11 is 0.932. The standard InChI is InChI=1S/C16H19N3O3S/c1-16(2,3)11-6-4-10(5-7-11)12(8-14(20)21)18-15(22)13-9-17-23-19-13/h4-7,9,12H,8H2,1-3H3,(H,18,22)(H,20,21). The van der Waals surface area contributed by atoms with Crippen LogP contribution in [0.4, 0.5) is 0 Å². The number of nitrogens with one attached hydrogen (secondary N) is 1. The number of rotatable bonds is 5. The first-order valence-corrected chi connectivity index (χ1v) is 7.91. The summed E-state index contributed by atoms with van der Waals surface area (Å²) in [5.74, 6) is -1.41. The number of aliphatic carboxylic acids is 1. The van der Waals surface area contributed by atoms with Gasteiger partial charge in [-0.25, -0.2) is 0 Å². The second kappa shape index (κ2) is 6.87. The van der Waals surface area contributed by atoms with Crippen LogP contribution in [-0.2, 0) is 10.2 Å². The van der Waals surface area contributed by atoms with Crippen molar-refractivity contribution in [2.75, 3.05) is 0 Å². The van der Waals surface area contributed by atoms with Crippen molar-refractivity contribution < 1.29 is 14.7 Å². The topological polar surface area (TPSA) is 92.2 Å². The first kappa shape index (κ1) is 17.1. The van der Waals surface area contributed by atoms with Crippen LogP contribution in [0.2, 0.25) is 0 Å². The molecule has 7 heteroatoms. The van der Waals surface area contributed by atoms with Crippen molar-refractivity contribution in [3.63, 3.8) is 0 Å². The summed E-state index contributed by atoms with van der Waals surface area (Å²) in [7, 11) is 0. The Hall–Kier alpha value is -2.28. The van der Waals surface area contributed by atoms with Crippen LogP contribution in [0, 0.1) is 0 Å². The Morgan fingerprint density at radius 2 is 1.91 bits per heavy atom. The van der Waals surface area contributed by atoms with Crippen LogP contribution < -0.4 is 5.32 Å². The number of benzene rings is 1. The van der Waals surface area contributed by atoms with Gasteiger partial charge in [-0.15, -0.1) is 0 Å². The maximum Gasteiger partial charge on any atom is 0.305 e. The van der Waals surface area contributed by atoms with Crippen LogP contribution >= 0.6 is 11.7 Å². The van der Waals surface area contributed by atoms with Gasteiger partial charge in [0.2, 0.25) is 0 Å². The lowest BCUT2D eigenvalue weighted by atomic mass is 9.86. The molecule has 0 aliphatic carbocycles. The molecule has 0 saturated heterocycles. The molecule has 2 rings (SSSR count). The predicted octanol–water partition coefficient (Wildman–Crippen LogP) is 2.78. The predicted molar refractivity (Wildman–Crippen MR) is 87.5 cm³/mol. The Balaban J connectivity index is 2.21. The molecule has 1 amide bonds. The molecule has 1 aromatic carbocycles. The third-order valence-corrected chi connectivity index (χ3v) is 3.94. The van der Waals surface area contributed by atoms with Crippen LogP contribution in [0.15, 0.2) is 30.5 Å². The highest BCUT2D eigenvalue weighted by Gasteiger charge is 2.21. The van der Waals surface area contributed by atoms with Crippen molar-refractivity contribution in [3.05, 3.63) is 47.3 Å². The molecule has 0 spiro atoms. The molecule has 1 atom stereocenters. The second-order valence-corrected chi connectivity index (χ2v) is 6.85. The molecule has 2 N–H and O–H groups in total. The highest BCUT2D eigenvalue weighted by atomic mass is 32.1. The Labute approximate surface area is 138 Å². The third kappa shape index (κ3) is 4.59. The molecule has 0 aliphatic rings. The number of carboxylic acids is 1. The summed E-state index contributed by atoms with van der Waals surface area (Å²) in [4.78, 5) is 23.2. The van der Waals surface area contributed by atoms with Crippen LogP contribution in [0.25, 0.3) is 0 Å². The molecule has 0 fully saturated rings. The number of carboxylic acid groups (broad SMARTS) is 1. The maximum absolute atomic E-state index is 12.1. The van der Waals surface area contributed by atoms with Gasteiger partial charge in [0.1, 0.15) is 0 Å². The van der Waals surface area contributed by atoms with Crippen LogP contribution in [-0.4, -0.2) is 25.7 Å². The van der Waals surface area contributed by atoms with E-state index in [9.17, 15) is 9.59 Å². The fourth-order valence-electron chi connectivity index (χ4n) is 2.14. The van der Waals surface area contributed by atoms with E-state index in [2.05, 4.69) is 34.8 Å². The van der Waals surface area contributed by atoms with E-state index in [-0.39, 0.29) is 17.5 Å².